The van der Waals surface area contributed by atoms with Crippen molar-refractivity contribution in [3.05, 3.63) is 29.8 Å². The van der Waals surface area contributed by atoms with Gasteiger partial charge in [-0.25, -0.2) is 0 Å². The molecule has 1 aliphatic carbocycles. The molecule has 1 aromatic carbocycles. The lowest BCUT2D eigenvalue weighted by molar-refractivity contribution is 0.0939. The van der Waals surface area contributed by atoms with Crippen molar-refractivity contribution in [2.75, 3.05) is 26.7 Å². The van der Waals surface area contributed by atoms with Crippen molar-refractivity contribution >= 4 is 5.78 Å². The van der Waals surface area contributed by atoms with Crippen LogP contribution in [-0.4, -0.2) is 37.4 Å². The molecular formula is C16H23NO2. The molecule has 2 rings (SSSR count). The summed E-state index contributed by atoms with van der Waals surface area (Å²) >= 11 is 0. The number of carbonyl (C=O) groups is 1. The zero-order valence-corrected chi connectivity index (χ0v) is 12.1. The van der Waals surface area contributed by atoms with Gasteiger partial charge >= 0.3 is 0 Å². The summed E-state index contributed by atoms with van der Waals surface area (Å²) in [5, 5.41) is 0. The van der Waals surface area contributed by atoms with Crippen molar-refractivity contribution < 1.29 is 9.53 Å². The fourth-order valence-corrected chi connectivity index (χ4v) is 2.43. The fourth-order valence-electron chi connectivity index (χ4n) is 2.43. The molecule has 1 fully saturated rings. The first kappa shape index (κ1) is 14.1. The van der Waals surface area contributed by atoms with Crippen LogP contribution in [0, 0.1) is 11.8 Å². The molecule has 1 saturated carbocycles. The van der Waals surface area contributed by atoms with Crippen LogP contribution in [0.2, 0.25) is 0 Å². The maximum Gasteiger partial charge on any atom is 0.180 e. The Morgan fingerprint density at radius 1 is 1.42 bits per heavy atom. The molecule has 0 radical (unpaired) electrons. The Labute approximate surface area is 115 Å². The van der Waals surface area contributed by atoms with Gasteiger partial charge in [-0.15, -0.1) is 0 Å². The fraction of sp³-hybridized carbons (Fsp3) is 0.562. The van der Waals surface area contributed by atoms with Crippen molar-refractivity contribution in [3.8, 4) is 5.75 Å². The minimum atomic E-state index is 0.139. The Balaban J connectivity index is 1.95. The summed E-state index contributed by atoms with van der Waals surface area (Å²) in [6.45, 7) is 6.27. The number of para-hydroxylation sites is 1. The van der Waals surface area contributed by atoms with Crippen LogP contribution in [0.4, 0.5) is 0 Å². The first-order chi connectivity index (χ1) is 9.11. The molecule has 3 heteroatoms. The van der Waals surface area contributed by atoms with Crippen LogP contribution in [-0.2, 0) is 0 Å². The summed E-state index contributed by atoms with van der Waals surface area (Å²) in [6.07, 6.45) is 1.30. The van der Waals surface area contributed by atoms with Gasteiger partial charge in [0.25, 0.3) is 0 Å². The monoisotopic (exact) mass is 261 g/mol. The number of benzene rings is 1. The van der Waals surface area contributed by atoms with Crippen LogP contribution in [0.25, 0.3) is 0 Å². The van der Waals surface area contributed by atoms with Gasteiger partial charge in [-0.1, -0.05) is 19.1 Å². The summed E-state index contributed by atoms with van der Waals surface area (Å²) < 4.78 is 5.51. The molecule has 0 saturated heterocycles. The lowest BCUT2D eigenvalue weighted by Crippen LogP contribution is -2.28. The molecular weight excluding hydrogens is 238 g/mol. The number of nitrogens with zero attached hydrogens (tertiary/aromatic N) is 1. The van der Waals surface area contributed by atoms with E-state index >= 15 is 0 Å². The van der Waals surface area contributed by atoms with Crippen molar-refractivity contribution in [1.82, 2.24) is 4.90 Å². The average molecular weight is 261 g/mol. The molecule has 0 aromatic heterocycles. The van der Waals surface area contributed by atoms with E-state index in [0.717, 1.165) is 18.4 Å². The second kappa shape index (κ2) is 6.20. The van der Waals surface area contributed by atoms with Crippen molar-refractivity contribution in [2.45, 2.75) is 20.3 Å². The highest BCUT2D eigenvalue weighted by Gasteiger charge is 2.33. The Morgan fingerprint density at radius 3 is 2.74 bits per heavy atom. The normalized spacial score (nSPS) is 21.5. The van der Waals surface area contributed by atoms with Crippen molar-refractivity contribution in [3.63, 3.8) is 0 Å². The predicted octanol–water partition coefficient (Wildman–Crippen LogP) is 2.86. The van der Waals surface area contributed by atoms with Gasteiger partial charge in [0.15, 0.2) is 5.78 Å². The number of hydrogen-bond acceptors (Lipinski definition) is 3. The number of hydrogen-bond donors (Lipinski definition) is 0. The van der Waals surface area contributed by atoms with Gasteiger partial charge in [0.05, 0.1) is 18.7 Å². The molecule has 0 spiro atoms. The molecule has 0 bridgehead atoms. The van der Waals surface area contributed by atoms with E-state index in [4.69, 9.17) is 4.74 Å². The number of likely N-dealkylation sites (N-methyl/N-ethyl adjacent to an activating group) is 1. The van der Waals surface area contributed by atoms with Crippen LogP contribution in [0.5, 0.6) is 5.75 Å². The second-order valence-electron chi connectivity index (χ2n) is 5.52. The summed E-state index contributed by atoms with van der Waals surface area (Å²) in [5.41, 5.74) is 0.694. The topological polar surface area (TPSA) is 29.5 Å². The Bertz CT molecular complexity index is 444. The molecule has 19 heavy (non-hydrogen) atoms. The standard InChI is InChI=1S/C16H23NO2/c1-4-19-16-8-6-5-7-14(16)15(18)11-17(3)10-13-9-12(13)2/h5-8,12-13H,4,9-11H2,1-3H3. The summed E-state index contributed by atoms with van der Waals surface area (Å²) in [4.78, 5) is 14.4. The zero-order valence-electron chi connectivity index (χ0n) is 12.1. The highest BCUT2D eigenvalue weighted by Crippen LogP contribution is 2.37. The number of Topliss-reactive ketones (excluding diaryl/α,β-unsaturated/α-hetero) is 1. The molecule has 3 nitrogen and oxygen atoms in total. The van der Waals surface area contributed by atoms with Crippen LogP contribution in [0.15, 0.2) is 24.3 Å². The number of rotatable bonds is 7. The minimum Gasteiger partial charge on any atom is -0.493 e. The lowest BCUT2D eigenvalue weighted by atomic mass is 10.1. The SMILES string of the molecule is CCOc1ccccc1C(=O)CN(C)CC1CC1C. The van der Waals surface area contributed by atoms with Crippen molar-refractivity contribution in [1.29, 1.82) is 0 Å². The van der Waals surface area contributed by atoms with Crippen molar-refractivity contribution in [2.24, 2.45) is 11.8 Å². The van der Waals surface area contributed by atoms with E-state index in [1.807, 2.05) is 38.2 Å². The first-order valence-corrected chi connectivity index (χ1v) is 7.05. The first-order valence-electron chi connectivity index (χ1n) is 7.05. The quantitative estimate of drug-likeness (QED) is 0.707. The highest BCUT2D eigenvalue weighted by atomic mass is 16.5. The largest absolute Gasteiger partial charge is 0.493 e. The molecule has 0 heterocycles. The van der Waals surface area contributed by atoms with Gasteiger partial charge in [-0.3, -0.25) is 9.69 Å². The van der Waals surface area contributed by atoms with Gasteiger partial charge in [-0.05, 0) is 44.4 Å². The van der Waals surface area contributed by atoms with E-state index in [-0.39, 0.29) is 5.78 Å². The third kappa shape index (κ3) is 3.80. The Morgan fingerprint density at radius 2 is 2.11 bits per heavy atom. The van der Waals surface area contributed by atoms with E-state index < -0.39 is 0 Å². The van der Waals surface area contributed by atoms with Gasteiger partial charge in [-0.2, -0.15) is 0 Å². The van der Waals surface area contributed by atoms with E-state index in [9.17, 15) is 4.79 Å². The maximum absolute atomic E-state index is 12.3. The number of carbonyl (C=O) groups excluding carboxylic acids is 1. The molecule has 2 unspecified atom stereocenters. The third-order valence-corrected chi connectivity index (χ3v) is 3.72. The minimum absolute atomic E-state index is 0.139. The Hall–Kier alpha value is -1.35. The zero-order chi connectivity index (χ0) is 13.8. The molecule has 2 atom stereocenters. The number of ether oxygens (including phenoxy) is 1. The summed E-state index contributed by atoms with van der Waals surface area (Å²) in [6, 6.07) is 7.50. The third-order valence-electron chi connectivity index (χ3n) is 3.72. The smallest absolute Gasteiger partial charge is 0.180 e. The maximum atomic E-state index is 12.3. The highest BCUT2D eigenvalue weighted by molar-refractivity contribution is 6.00. The van der Waals surface area contributed by atoms with Gasteiger partial charge < -0.3 is 4.74 Å². The Kier molecular flexibility index (Phi) is 4.59. The molecule has 1 aromatic rings. The van der Waals surface area contributed by atoms with E-state index in [2.05, 4.69) is 11.8 Å². The summed E-state index contributed by atoms with van der Waals surface area (Å²) in [5.74, 6) is 2.44. The summed E-state index contributed by atoms with van der Waals surface area (Å²) in [7, 11) is 2.02. The van der Waals surface area contributed by atoms with Gasteiger partial charge in [0.2, 0.25) is 0 Å². The molecule has 0 amide bonds. The molecule has 0 N–H and O–H groups in total. The lowest BCUT2D eigenvalue weighted by Gasteiger charge is -2.16. The molecule has 0 aliphatic heterocycles. The van der Waals surface area contributed by atoms with E-state index in [1.54, 1.807) is 0 Å². The molecule has 104 valence electrons. The number of ketones is 1. The molecule has 1 aliphatic rings. The van der Waals surface area contributed by atoms with Gasteiger partial charge in [0, 0.05) is 6.54 Å². The average Bonchev–Trinajstić information content (AvgIpc) is 3.05. The van der Waals surface area contributed by atoms with E-state index in [1.165, 1.54) is 6.42 Å². The second-order valence-corrected chi connectivity index (χ2v) is 5.52. The predicted molar refractivity (Wildman–Crippen MR) is 76.7 cm³/mol. The van der Waals surface area contributed by atoms with Crippen LogP contribution in [0.1, 0.15) is 30.6 Å². The van der Waals surface area contributed by atoms with Crippen LogP contribution >= 0.6 is 0 Å². The van der Waals surface area contributed by atoms with Crippen LogP contribution < -0.4 is 4.74 Å². The van der Waals surface area contributed by atoms with Gasteiger partial charge in [0.1, 0.15) is 5.75 Å². The van der Waals surface area contributed by atoms with E-state index in [0.29, 0.717) is 24.5 Å². The van der Waals surface area contributed by atoms with Crippen LogP contribution in [0.3, 0.4) is 0 Å².